The van der Waals surface area contributed by atoms with Crippen LogP contribution in [-0.4, -0.2) is 33.7 Å². The fourth-order valence-corrected chi connectivity index (χ4v) is 1.40. The van der Waals surface area contributed by atoms with Gasteiger partial charge in [0.2, 0.25) is 5.91 Å². The first-order valence-electron chi connectivity index (χ1n) is 5.58. The zero-order valence-electron chi connectivity index (χ0n) is 10.2. The molecule has 1 aromatic rings. The van der Waals surface area contributed by atoms with E-state index in [0.29, 0.717) is 13.0 Å². The second kappa shape index (κ2) is 6.44. The molecule has 0 fully saturated rings. The summed E-state index contributed by atoms with van der Waals surface area (Å²) < 4.78 is 0. The molecule has 0 aromatic heterocycles. The number of phenolic OH excluding ortho intramolecular Hbond substituents is 2. The van der Waals surface area contributed by atoms with E-state index in [4.69, 9.17) is 10.2 Å². The Morgan fingerprint density at radius 3 is 2.47 bits per heavy atom. The number of carboxylic acid groups (broad SMARTS) is 1. The lowest BCUT2D eigenvalue weighted by Crippen LogP contribution is -2.26. The Labute approximate surface area is 110 Å². The molecule has 19 heavy (non-hydrogen) atoms. The van der Waals surface area contributed by atoms with Gasteiger partial charge in [0.15, 0.2) is 11.5 Å². The first kappa shape index (κ1) is 14.6. The Bertz CT molecular complexity index is 510. The van der Waals surface area contributed by atoms with E-state index in [-0.39, 0.29) is 23.5 Å². The molecule has 0 bridgehead atoms. The summed E-state index contributed by atoms with van der Waals surface area (Å²) in [6.07, 6.45) is 0.204. The number of carbonyl (C=O) groups excluding carboxylic acids is 1. The molecule has 0 aliphatic heterocycles. The number of carbonyl (C=O) groups is 2. The van der Waals surface area contributed by atoms with Crippen molar-refractivity contribution >= 4 is 11.9 Å². The van der Waals surface area contributed by atoms with Crippen LogP contribution in [0.15, 0.2) is 30.4 Å². The molecule has 4 N–H and O–H groups in total. The third kappa shape index (κ3) is 4.71. The topological polar surface area (TPSA) is 107 Å². The van der Waals surface area contributed by atoms with Crippen LogP contribution in [0.25, 0.3) is 0 Å². The van der Waals surface area contributed by atoms with E-state index in [1.54, 1.807) is 6.07 Å². The van der Waals surface area contributed by atoms with E-state index in [9.17, 15) is 14.7 Å². The number of aliphatic carboxylic acids is 1. The molecule has 0 aliphatic carbocycles. The molecule has 0 atom stereocenters. The van der Waals surface area contributed by atoms with Gasteiger partial charge in [0.25, 0.3) is 0 Å². The van der Waals surface area contributed by atoms with E-state index in [2.05, 4.69) is 11.9 Å². The van der Waals surface area contributed by atoms with Gasteiger partial charge in [0.05, 0.1) is 6.42 Å². The molecule has 6 heteroatoms. The number of nitrogens with one attached hydrogen (secondary N) is 1. The normalized spacial score (nSPS) is 9.89. The van der Waals surface area contributed by atoms with Crippen molar-refractivity contribution in [3.05, 3.63) is 35.9 Å². The predicted molar refractivity (Wildman–Crippen MR) is 67.9 cm³/mol. The average molecular weight is 265 g/mol. The first-order chi connectivity index (χ1) is 8.90. The molecule has 0 unspecified atom stereocenters. The highest BCUT2D eigenvalue weighted by Crippen LogP contribution is 2.24. The van der Waals surface area contributed by atoms with Crippen LogP contribution in [0.4, 0.5) is 0 Å². The molecule has 0 heterocycles. The van der Waals surface area contributed by atoms with Crippen molar-refractivity contribution in [3.8, 4) is 11.5 Å². The van der Waals surface area contributed by atoms with Gasteiger partial charge in [0.1, 0.15) is 0 Å². The molecular weight excluding hydrogens is 250 g/mol. The second-order valence-corrected chi connectivity index (χ2v) is 4.01. The fraction of sp³-hybridized carbons (Fsp3) is 0.231. The third-order valence-electron chi connectivity index (χ3n) is 2.45. The summed E-state index contributed by atoms with van der Waals surface area (Å²) in [7, 11) is 0. The maximum absolute atomic E-state index is 11.3. The highest BCUT2D eigenvalue weighted by molar-refractivity contribution is 5.93. The van der Waals surface area contributed by atoms with Gasteiger partial charge in [-0.05, 0) is 24.1 Å². The van der Waals surface area contributed by atoms with Crippen molar-refractivity contribution in [2.45, 2.75) is 12.8 Å². The Kier molecular flexibility index (Phi) is 4.93. The van der Waals surface area contributed by atoms with Crippen molar-refractivity contribution in [1.82, 2.24) is 5.32 Å². The Hall–Kier alpha value is -2.50. The number of benzene rings is 1. The van der Waals surface area contributed by atoms with Gasteiger partial charge in [-0.25, -0.2) is 4.79 Å². The minimum Gasteiger partial charge on any atom is -0.504 e. The van der Waals surface area contributed by atoms with Crippen LogP contribution in [0.5, 0.6) is 11.5 Å². The van der Waals surface area contributed by atoms with Gasteiger partial charge in [0, 0.05) is 12.1 Å². The molecule has 0 aliphatic rings. The summed E-state index contributed by atoms with van der Waals surface area (Å²) in [5.41, 5.74) is 0.576. The quantitative estimate of drug-likeness (QED) is 0.449. The highest BCUT2D eigenvalue weighted by atomic mass is 16.4. The van der Waals surface area contributed by atoms with Gasteiger partial charge >= 0.3 is 5.97 Å². The van der Waals surface area contributed by atoms with Crippen LogP contribution in [-0.2, 0) is 16.0 Å². The summed E-state index contributed by atoms with van der Waals surface area (Å²) in [4.78, 5) is 21.8. The Morgan fingerprint density at radius 2 is 1.89 bits per heavy atom. The molecule has 0 spiro atoms. The summed E-state index contributed by atoms with van der Waals surface area (Å²) in [6.45, 7) is 3.56. The lowest BCUT2D eigenvalue weighted by molar-refractivity contribution is -0.134. The summed E-state index contributed by atoms with van der Waals surface area (Å²) in [5.74, 6) is -2.04. The fourth-order valence-electron chi connectivity index (χ4n) is 1.40. The van der Waals surface area contributed by atoms with Gasteiger partial charge < -0.3 is 20.6 Å². The standard InChI is InChI=1S/C13H15NO5/c1-8(13(18)19)6-12(17)14-5-4-9-2-3-10(15)11(16)7-9/h2-3,7,15-16H,1,4-6H2,(H,14,17)(H,18,19). The number of carboxylic acids is 1. The number of phenols is 2. The maximum atomic E-state index is 11.3. The third-order valence-corrected chi connectivity index (χ3v) is 2.45. The molecule has 1 aromatic carbocycles. The molecule has 0 radical (unpaired) electrons. The van der Waals surface area contributed by atoms with Gasteiger partial charge in [-0.2, -0.15) is 0 Å². The highest BCUT2D eigenvalue weighted by Gasteiger charge is 2.09. The smallest absolute Gasteiger partial charge is 0.331 e. The van der Waals surface area contributed by atoms with Gasteiger partial charge in [-0.1, -0.05) is 12.6 Å². The maximum Gasteiger partial charge on any atom is 0.331 e. The molecule has 102 valence electrons. The SMILES string of the molecule is C=C(CC(=O)NCCc1ccc(O)c(O)c1)C(=O)O. The summed E-state index contributed by atoms with van der Waals surface area (Å²) >= 11 is 0. The number of hydrogen-bond acceptors (Lipinski definition) is 4. The number of hydrogen-bond donors (Lipinski definition) is 4. The van der Waals surface area contributed by atoms with Crippen LogP contribution >= 0.6 is 0 Å². The van der Waals surface area contributed by atoms with E-state index >= 15 is 0 Å². The molecule has 1 rings (SSSR count). The lowest BCUT2D eigenvalue weighted by atomic mass is 10.1. The molecule has 1 amide bonds. The number of amides is 1. The van der Waals surface area contributed by atoms with E-state index in [1.165, 1.54) is 12.1 Å². The van der Waals surface area contributed by atoms with Gasteiger partial charge in [-0.3, -0.25) is 4.79 Å². The van der Waals surface area contributed by atoms with Crippen LogP contribution in [0, 0.1) is 0 Å². The summed E-state index contributed by atoms with van der Waals surface area (Å²) in [6, 6.07) is 4.38. The predicted octanol–water partition coefficient (Wildman–Crippen LogP) is 0.787. The average Bonchev–Trinajstić information content (AvgIpc) is 2.33. The van der Waals surface area contributed by atoms with Crippen molar-refractivity contribution in [2.75, 3.05) is 6.54 Å². The Balaban J connectivity index is 2.37. The van der Waals surface area contributed by atoms with Crippen molar-refractivity contribution < 1.29 is 24.9 Å². The number of aromatic hydroxyl groups is 2. The Morgan fingerprint density at radius 1 is 1.21 bits per heavy atom. The number of rotatable bonds is 6. The van der Waals surface area contributed by atoms with E-state index in [0.717, 1.165) is 5.56 Å². The van der Waals surface area contributed by atoms with Crippen LogP contribution in [0.3, 0.4) is 0 Å². The van der Waals surface area contributed by atoms with Crippen LogP contribution < -0.4 is 5.32 Å². The lowest BCUT2D eigenvalue weighted by Gasteiger charge is -2.06. The molecule has 0 saturated carbocycles. The first-order valence-corrected chi connectivity index (χ1v) is 5.58. The largest absolute Gasteiger partial charge is 0.504 e. The zero-order valence-corrected chi connectivity index (χ0v) is 10.2. The summed E-state index contributed by atoms with van der Waals surface area (Å²) in [5, 5.41) is 29.5. The molecular formula is C13H15NO5. The molecule has 6 nitrogen and oxygen atoms in total. The minimum absolute atomic E-state index is 0.167. The van der Waals surface area contributed by atoms with Gasteiger partial charge in [-0.15, -0.1) is 0 Å². The van der Waals surface area contributed by atoms with Crippen LogP contribution in [0.2, 0.25) is 0 Å². The molecule has 0 saturated heterocycles. The van der Waals surface area contributed by atoms with Crippen molar-refractivity contribution in [3.63, 3.8) is 0 Å². The van der Waals surface area contributed by atoms with Crippen molar-refractivity contribution in [2.24, 2.45) is 0 Å². The van der Waals surface area contributed by atoms with E-state index in [1.807, 2.05) is 0 Å². The van der Waals surface area contributed by atoms with Crippen LogP contribution in [0.1, 0.15) is 12.0 Å². The zero-order chi connectivity index (χ0) is 14.4. The minimum atomic E-state index is -1.20. The second-order valence-electron chi connectivity index (χ2n) is 4.01. The monoisotopic (exact) mass is 265 g/mol. The van der Waals surface area contributed by atoms with E-state index < -0.39 is 11.9 Å². The van der Waals surface area contributed by atoms with Crippen molar-refractivity contribution in [1.29, 1.82) is 0 Å².